The number of nitrogens with one attached hydrogen (secondary N) is 1. The van der Waals surface area contributed by atoms with Crippen molar-refractivity contribution in [3.8, 4) is 0 Å². The first kappa shape index (κ1) is 18.5. The first-order chi connectivity index (χ1) is 10.7. The smallest absolute Gasteiger partial charge is 0.225 e. The minimum absolute atomic E-state index is 0. The molecule has 2 aliphatic carbocycles. The molecule has 3 atom stereocenters. The number of nitrogens with zero attached hydrogens (tertiary/aromatic N) is 1. The van der Waals surface area contributed by atoms with Crippen LogP contribution in [0.1, 0.15) is 57.8 Å². The number of carbonyl (C=O) groups excluding carboxylic acids is 2. The van der Waals surface area contributed by atoms with Crippen LogP contribution in [-0.4, -0.2) is 41.9 Å². The number of halogens is 1. The number of carbonyl (C=O) groups is 2. The van der Waals surface area contributed by atoms with E-state index in [1.165, 1.54) is 19.3 Å². The summed E-state index contributed by atoms with van der Waals surface area (Å²) >= 11 is 0. The maximum absolute atomic E-state index is 12.5. The summed E-state index contributed by atoms with van der Waals surface area (Å²) in [5.41, 5.74) is 5.77. The fourth-order valence-corrected chi connectivity index (χ4v) is 4.55. The Labute approximate surface area is 145 Å². The maximum atomic E-state index is 12.5. The van der Waals surface area contributed by atoms with Gasteiger partial charge in [0.1, 0.15) is 0 Å². The van der Waals surface area contributed by atoms with E-state index in [2.05, 4.69) is 5.32 Å². The second kappa shape index (κ2) is 8.34. The van der Waals surface area contributed by atoms with Crippen LogP contribution in [0.15, 0.2) is 0 Å². The van der Waals surface area contributed by atoms with Crippen LogP contribution in [0, 0.1) is 11.8 Å². The quantitative estimate of drug-likeness (QED) is 0.817. The lowest BCUT2D eigenvalue weighted by atomic mass is 9.94. The third-order valence-electron chi connectivity index (χ3n) is 5.82. The molecule has 1 unspecified atom stereocenters. The van der Waals surface area contributed by atoms with Crippen LogP contribution in [0.5, 0.6) is 0 Å². The Morgan fingerprint density at radius 3 is 2.57 bits per heavy atom. The highest BCUT2D eigenvalue weighted by molar-refractivity contribution is 5.85. The molecule has 0 bridgehead atoms. The standard InChI is InChI=1S/C17H29N3O2.ClH/c18-10-12-5-4-8-15(12)17(22)19-13-9-16(21)20(11-13)14-6-2-1-3-7-14;/h12-15H,1-11,18H2,(H,19,22);1H/t12-,13?,15-;/m1./s1. The van der Waals surface area contributed by atoms with E-state index in [0.29, 0.717) is 31.5 Å². The van der Waals surface area contributed by atoms with Crippen molar-refractivity contribution in [3.63, 3.8) is 0 Å². The van der Waals surface area contributed by atoms with E-state index in [4.69, 9.17) is 5.73 Å². The highest BCUT2D eigenvalue weighted by Gasteiger charge is 2.38. The summed E-state index contributed by atoms with van der Waals surface area (Å²) in [6.45, 7) is 1.30. The number of likely N-dealkylation sites (tertiary alicyclic amines) is 1. The van der Waals surface area contributed by atoms with Gasteiger partial charge in [-0.2, -0.15) is 0 Å². The minimum Gasteiger partial charge on any atom is -0.351 e. The van der Waals surface area contributed by atoms with Gasteiger partial charge < -0.3 is 16.0 Å². The van der Waals surface area contributed by atoms with Crippen molar-refractivity contribution >= 4 is 24.2 Å². The molecular weight excluding hydrogens is 314 g/mol. The Bertz CT molecular complexity index is 426. The number of amides is 2. The minimum atomic E-state index is 0. The molecule has 1 saturated heterocycles. The molecule has 1 aliphatic heterocycles. The van der Waals surface area contributed by atoms with Crippen molar-refractivity contribution in [2.45, 2.75) is 69.9 Å². The summed E-state index contributed by atoms with van der Waals surface area (Å²) in [7, 11) is 0. The number of hydrogen-bond donors (Lipinski definition) is 2. The predicted molar refractivity (Wildman–Crippen MR) is 92.3 cm³/mol. The summed E-state index contributed by atoms with van der Waals surface area (Å²) in [5, 5.41) is 3.13. The van der Waals surface area contributed by atoms with Gasteiger partial charge in [0.2, 0.25) is 11.8 Å². The second-order valence-electron chi connectivity index (χ2n) is 7.28. The van der Waals surface area contributed by atoms with E-state index < -0.39 is 0 Å². The van der Waals surface area contributed by atoms with Crippen molar-refractivity contribution in [1.29, 1.82) is 0 Å². The molecule has 3 fully saturated rings. The highest BCUT2D eigenvalue weighted by atomic mass is 35.5. The van der Waals surface area contributed by atoms with Gasteiger partial charge in [-0.15, -0.1) is 12.4 Å². The van der Waals surface area contributed by atoms with Crippen LogP contribution in [0.2, 0.25) is 0 Å². The lowest BCUT2D eigenvalue weighted by Gasteiger charge is -2.31. The molecule has 6 heteroatoms. The summed E-state index contributed by atoms with van der Waals surface area (Å²) in [4.78, 5) is 26.8. The van der Waals surface area contributed by atoms with Gasteiger partial charge in [-0.05, 0) is 38.1 Å². The van der Waals surface area contributed by atoms with E-state index >= 15 is 0 Å². The Hall–Kier alpha value is -0.810. The van der Waals surface area contributed by atoms with Crippen LogP contribution >= 0.6 is 12.4 Å². The van der Waals surface area contributed by atoms with Crippen molar-refractivity contribution in [2.24, 2.45) is 17.6 Å². The first-order valence-electron chi connectivity index (χ1n) is 8.99. The van der Waals surface area contributed by atoms with Gasteiger partial charge in [0, 0.05) is 24.9 Å². The molecule has 3 rings (SSSR count). The molecule has 2 saturated carbocycles. The first-order valence-corrected chi connectivity index (χ1v) is 8.99. The Balaban J connectivity index is 0.00000192. The van der Waals surface area contributed by atoms with Crippen LogP contribution in [0.4, 0.5) is 0 Å². The normalized spacial score (nSPS) is 32.0. The Kier molecular flexibility index (Phi) is 6.72. The third-order valence-corrected chi connectivity index (χ3v) is 5.82. The molecule has 0 aromatic rings. The fraction of sp³-hybridized carbons (Fsp3) is 0.882. The molecule has 0 aromatic carbocycles. The van der Waals surface area contributed by atoms with Crippen LogP contribution in [-0.2, 0) is 9.59 Å². The van der Waals surface area contributed by atoms with Gasteiger partial charge in [0.05, 0.1) is 6.04 Å². The van der Waals surface area contributed by atoms with E-state index in [1.807, 2.05) is 4.90 Å². The van der Waals surface area contributed by atoms with Crippen LogP contribution < -0.4 is 11.1 Å². The average Bonchev–Trinajstić information content (AvgIpc) is 3.14. The summed E-state index contributed by atoms with van der Waals surface area (Å²) < 4.78 is 0. The Morgan fingerprint density at radius 1 is 1.13 bits per heavy atom. The van der Waals surface area contributed by atoms with Gasteiger partial charge in [0.15, 0.2) is 0 Å². The Morgan fingerprint density at radius 2 is 1.87 bits per heavy atom. The largest absolute Gasteiger partial charge is 0.351 e. The summed E-state index contributed by atoms with van der Waals surface area (Å²) in [5.74, 6) is 0.727. The molecular formula is C17H30ClN3O2. The monoisotopic (exact) mass is 343 g/mol. The van der Waals surface area contributed by atoms with E-state index in [9.17, 15) is 9.59 Å². The van der Waals surface area contributed by atoms with E-state index in [1.54, 1.807) is 0 Å². The second-order valence-corrected chi connectivity index (χ2v) is 7.28. The topological polar surface area (TPSA) is 75.4 Å². The number of hydrogen-bond acceptors (Lipinski definition) is 3. The van der Waals surface area contributed by atoms with Crippen LogP contribution in [0.3, 0.4) is 0 Å². The van der Waals surface area contributed by atoms with Crippen molar-refractivity contribution in [2.75, 3.05) is 13.1 Å². The maximum Gasteiger partial charge on any atom is 0.225 e. The van der Waals surface area contributed by atoms with Gasteiger partial charge in [-0.3, -0.25) is 9.59 Å². The third kappa shape index (κ3) is 4.18. The molecule has 0 radical (unpaired) electrons. The fourth-order valence-electron chi connectivity index (χ4n) is 4.55. The molecule has 132 valence electrons. The summed E-state index contributed by atoms with van der Waals surface area (Å²) in [6.07, 6.45) is 9.58. The van der Waals surface area contributed by atoms with Gasteiger partial charge >= 0.3 is 0 Å². The van der Waals surface area contributed by atoms with E-state index in [-0.39, 0.29) is 36.2 Å². The zero-order chi connectivity index (χ0) is 15.5. The molecule has 5 nitrogen and oxygen atoms in total. The van der Waals surface area contributed by atoms with Crippen molar-refractivity contribution < 1.29 is 9.59 Å². The van der Waals surface area contributed by atoms with Gasteiger partial charge in [-0.25, -0.2) is 0 Å². The van der Waals surface area contributed by atoms with Gasteiger partial charge in [-0.1, -0.05) is 25.7 Å². The zero-order valence-corrected chi connectivity index (χ0v) is 14.7. The molecule has 0 spiro atoms. The predicted octanol–water partition coefficient (Wildman–Crippen LogP) is 1.83. The SMILES string of the molecule is Cl.NC[C@H]1CCC[C@H]1C(=O)NC1CC(=O)N(C2CCCCC2)C1. The van der Waals surface area contributed by atoms with Gasteiger partial charge in [0.25, 0.3) is 0 Å². The lowest BCUT2D eigenvalue weighted by Crippen LogP contribution is -2.44. The molecule has 3 aliphatic rings. The molecule has 3 N–H and O–H groups in total. The molecule has 1 heterocycles. The summed E-state index contributed by atoms with van der Waals surface area (Å²) in [6, 6.07) is 0.410. The molecule has 2 amide bonds. The van der Waals surface area contributed by atoms with E-state index in [0.717, 1.165) is 32.1 Å². The number of rotatable bonds is 4. The highest BCUT2D eigenvalue weighted by Crippen LogP contribution is 2.32. The van der Waals surface area contributed by atoms with Crippen molar-refractivity contribution in [3.05, 3.63) is 0 Å². The molecule has 0 aromatic heterocycles. The molecule has 23 heavy (non-hydrogen) atoms. The number of nitrogens with two attached hydrogens (primary N) is 1. The van der Waals surface area contributed by atoms with Crippen molar-refractivity contribution in [1.82, 2.24) is 10.2 Å². The average molecular weight is 344 g/mol. The van der Waals surface area contributed by atoms with Crippen LogP contribution in [0.25, 0.3) is 0 Å². The lowest BCUT2D eigenvalue weighted by molar-refractivity contribution is -0.130. The zero-order valence-electron chi connectivity index (χ0n) is 13.8.